The summed E-state index contributed by atoms with van der Waals surface area (Å²) in [5.41, 5.74) is 0.765. The maximum Gasteiger partial charge on any atom is 0.264 e. The molecule has 2 amide bonds. The van der Waals surface area contributed by atoms with E-state index in [1.54, 1.807) is 49.4 Å². The van der Waals surface area contributed by atoms with E-state index < -0.39 is 28.5 Å². The van der Waals surface area contributed by atoms with Crippen LogP contribution in [-0.4, -0.2) is 51.4 Å². The fourth-order valence-corrected chi connectivity index (χ4v) is 6.12. The van der Waals surface area contributed by atoms with Crippen molar-refractivity contribution in [1.82, 2.24) is 10.2 Å². The van der Waals surface area contributed by atoms with E-state index in [9.17, 15) is 18.0 Å². The van der Waals surface area contributed by atoms with E-state index in [2.05, 4.69) is 5.32 Å². The fraction of sp³-hybridized carbons (Fsp3) is 0.333. The third-order valence-corrected chi connectivity index (χ3v) is 8.95. The number of amides is 2. The van der Waals surface area contributed by atoms with E-state index in [0.717, 1.165) is 4.31 Å². The zero-order valence-corrected chi connectivity index (χ0v) is 25.8. The molecule has 0 aliphatic rings. The van der Waals surface area contributed by atoms with Gasteiger partial charge in [-0.25, -0.2) is 8.42 Å². The lowest BCUT2D eigenvalue weighted by Gasteiger charge is -2.33. The molecule has 0 aromatic heterocycles. The van der Waals surface area contributed by atoms with Crippen molar-refractivity contribution in [2.75, 3.05) is 24.5 Å². The van der Waals surface area contributed by atoms with Gasteiger partial charge in [0.05, 0.1) is 27.7 Å². The van der Waals surface area contributed by atoms with E-state index in [0.29, 0.717) is 24.3 Å². The molecule has 41 heavy (non-hydrogen) atoms. The second-order valence-corrected chi connectivity index (χ2v) is 12.5. The highest BCUT2D eigenvalue weighted by Gasteiger charge is 2.34. The molecule has 1 unspecified atom stereocenters. The molecular formula is C30H35Cl2N3O5S. The molecule has 3 rings (SSSR count). The van der Waals surface area contributed by atoms with Crippen LogP contribution in [0, 0.1) is 5.92 Å². The smallest absolute Gasteiger partial charge is 0.264 e. The van der Waals surface area contributed by atoms with E-state index in [1.165, 1.54) is 36.3 Å². The van der Waals surface area contributed by atoms with E-state index >= 15 is 0 Å². The lowest BCUT2D eigenvalue weighted by atomic mass is 10.1. The van der Waals surface area contributed by atoms with Crippen molar-refractivity contribution in [2.45, 2.75) is 44.7 Å². The first-order valence-electron chi connectivity index (χ1n) is 13.2. The summed E-state index contributed by atoms with van der Waals surface area (Å²) in [5, 5.41) is 3.03. The van der Waals surface area contributed by atoms with Gasteiger partial charge in [0.25, 0.3) is 10.0 Å². The molecule has 11 heteroatoms. The monoisotopic (exact) mass is 619 g/mol. The van der Waals surface area contributed by atoms with Gasteiger partial charge in [-0.15, -0.1) is 0 Å². The summed E-state index contributed by atoms with van der Waals surface area (Å²) >= 11 is 12.7. The molecular weight excluding hydrogens is 585 g/mol. The zero-order chi connectivity index (χ0) is 30.2. The summed E-state index contributed by atoms with van der Waals surface area (Å²) in [6.45, 7) is 5.62. The number of halogens is 2. The SMILES string of the molecule is CCC(C(=O)NCC(C)C)N(Cc1cccc(OC)c1)C(=O)CN(c1cccc(Cl)c1Cl)S(=O)(=O)c1ccccc1. The van der Waals surface area contributed by atoms with Crippen molar-refractivity contribution < 1.29 is 22.7 Å². The van der Waals surface area contributed by atoms with Gasteiger partial charge < -0.3 is 15.0 Å². The predicted octanol–water partition coefficient (Wildman–Crippen LogP) is 5.78. The zero-order valence-electron chi connectivity index (χ0n) is 23.5. The lowest BCUT2D eigenvalue weighted by Crippen LogP contribution is -2.52. The van der Waals surface area contributed by atoms with Gasteiger partial charge in [-0.1, -0.05) is 80.4 Å². The van der Waals surface area contributed by atoms with Gasteiger partial charge in [0, 0.05) is 13.1 Å². The molecule has 0 aliphatic carbocycles. The minimum atomic E-state index is -4.26. The van der Waals surface area contributed by atoms with E-state index in [1.807, 2.05) is 19.9 Å². The van der Waals surface area contributed by atoms with Gasteiger partial charge in [0.2, 0.25) is 11.8 Å². The molecule has 0 aliphatic heterocycles. The second kappa shape index (κ2) is 14.6. The average molecular weight is 621 g/mol. The Labute approximate surface area is 252 Å². The molecule has 0 saturated heterocycles. The van der Waals surface area contributed by atoms with Crippen LogP contribution in [0.4, 0.5) is 5.69 Å². The molecule has 1 atom stereocenters. The summed E-state index contributed by atoms with van der Waals surface area (Å²) in [4.78, 5) is 28.8. The van der Waals surface area contributed by atoms with Crippen molar-refractivity contribution >= 4 is 50.7 Å². The Morgan fingerprint density at radius 2 is 1.66 bits per heavy atom. The average Bonchev–Trinajstić information content (AvgIpc) is 2.96. The summed E-state index contributed by atoms with van der Waals surface area (Å²) in [6, 6.07) is 18.6. The normalized spacial score (nSPS) is 12.1. The Morgan fingerprint density at radius 1 is 0.976 bits per heavy atom. The molecule has 220 valence electrons. The van der Waals surface area contributed by atoms with Crippen molar-refractivity contribution in [3.63, 3.8) is 0 Å². The fourth-order valence-electron chi connectivity index (χ4n) is 4.23. The summed E-state index contributed by atoms with van der Waals surface area (Å²) in [6.07, 6.45) is 0.309. The summed E-state index contributed by atoms with van der Waals surface area (Å²) in [5.74, 6) is -0.118. The van der Waals surface area contributed by atoms with Crippen molar-refractivity contribution in [3.8, 4) is 5.75 Å². The van der Waals surface area contributed by atoms with Gasteiger partial charge in [-0.3, -0.25) is 13.9 Å². The van der Waals surface area contributed by atoms with Crippen LogP contribution in [-0.2, 0) is 26.2 Å². The summed E-state index contributed by atoms with van der Waals surface area (Å²) in [7, 11) is -2.72. The number of ether oxygens (including phenoxy) is 1. The molecule has 0 saturated carbocycles. The first-order chi connectivity index (χ1) is 19.5. The molecule has 0 fully saturated rings. The van der Waals surface area contributed by atoms with Gasteiger partial charge in [-0.2, -0.15) is 0 Å². The van der Waals surface area contributed by atoms with Crippen molar-refractivity contribution in [2.24, 2.45) is 5.92 Å². The topological polar surface area (TPSA) is 96.0 Å². The Hall–Kier alpha value is -3.27. The van der Waals surface area contributed by atoms with Gasteiger partial charge in [0.15, 0.2) is 0 Å². The number of rotatable bonds is 13. The second-order valence-electron chi connectivity index (χ2n) is 9.83. The van der Waals surface area contributed by atoms with Crippen LogP contribution in [0.25, 0.3) is 0 Å². The number of nitrogens with zero attached hydrogens (tertiary/aromatic N) is 2. The van der Waals surface area contributed by atoms with Gasteiger partial charge in [-0.05, 0) is 54.3 Å². The number of anilines is 1. The summed E-state index contributed by atoms with van der Waals surface area (Å²) < 4.78 is 34.1. The van der Waals surface area contributed by atoms with Crippen molar-refractivity contribution in [3.05, 3.63) is 88.4 Å². The highest BCUT2D eigenvalue weighted by molar-refractivity contribution is 7.92. The first-order valence-corrected chi connectivity index (χ1v) is 15.4. The number of carbonyl (C=O) groups excluding carboxylic acids is 2. The van der Waals surface area contributed by atoms with Crippen LogP contribution >= 0.6 is 23.2 Å². The molecule has 3 aromatic rings. The molecule has 1 N–H and O–H groups in total. The lowest BCUT2D eigenvalue weighted by molar-refractivity contribution is -0.140. The number of benzene rings is 3. The highest BCUT2D eigenvalue weighted by atomic mass is 35.5. The largest absolute Gasteiger partial charge is 0.497 e. The first kappa shape index (κ1) is 32.2. The van der Waals surface area contributed by atoms with Crippen LogP contribution in [0.15, 0.2) is 77.7 Å². The minimum Gasteiger partial charge on any atom is -0.497 e. The maximum absolute atomic E-state index is 14.1. The molecule has 0 bridgehead atoms. The molecule has 8 nitrogen and oxygen atoms in total. The van der Waals surface area contributed by atoms with Crippen LogP contribution in [0.1, 0.15) is 32.8 Å². The van der Waals surface area contributed by atoms with Gasteiger partial charge in [0.1, 0.15) is 18.3 Å². The van der Waals surface area contributed by atoms with Crippen LogP contribution in [0.2, 0.25) is 10.0 Å². The minimum absolute atomic E-state index is 0.0115. The molecule has 0 heterocycles. The third-order valence-electron chi connectivity index (χ3n) is 6.37. The Balaban J connectivity index is 2.09. The van der Waals surface area contributed by atoms with Gasteiger partial charge >= 0.3 is 0 Å². The van der Waals surface area contributed by atoms with E-state index in [4.69, 9.17) is 27.9 Å². The molecule has 3 aromatic carbocycles. The highest BCUT2D eigenvalue weighted by Crippen LogP contribution is 2.35. The number of nitrogens with one attached hydrogen (secondary N) is 1. The number of sulfonamides is 1. The molecule has 0 spiro atoms. The third kappa shape index (κ3) is 8.15. The Bertz CT molecular complexity index is 1450. The maximum atomic E-state index is 14.1. The van der Waals surface area contributed by atoms with Crippen LogP contribution < -0.4 is 14.4 Å². The Morgan fingerprint density at radius 3 is 2.29 bits per heavy atom. The standard InChI is InChI=1S/C30H35Cl2N3O5S/c1-5-26(30(37)33-18-21(2)3)34(19-22-11-9-12-23(17-22)40-4)28(36)20-35(27-16-10-15-25(31)29(27)32)41(38,39)24-13-7-6-8-14-24/h6-17,21,26H,5,18-20H2,1-4H3,(H,33,37). The number of hydrogen-bond donors (Lipinski definition) is 1. The number of hydrogen-bond acceptors (Lipinski definition) is 5. The van der Waals surface area contributed by atoms with Crippen LogP contribution in [0.3, 0.4) is 0 Å². The van der Waals surface area contributed by atoms with Crippen molar-refractivity contribution in [1.29, 1.82) is 0 Å². The quantitative estimate of drug-likeness (QED) is 0.262. The molecule has 0 radical (unpaired) electrons. The van der Waals surface area contributed by atoms with E-state index in [-0.39, 0.29) is 39.0 Å². The number of carbonyl (C=O) groups is 2. The number of methoxy groups -OCH3 is 1. The van der Waals surface area contributed by atoms with Crippen LogP contribution in [0.5, 0.6) is 5.75 Å². The predicted molar refractivity (Wildman–Crippen MR) is 163 cm³/mol. The Kier molecular flexibility index (Phi) is 11.5.